The zero-order chi connectivity index (χ0) is 35.8. The first-order valence-electron chi connectivity index (χ1n) is 18.1. The molecule has 0 saturated heterocycles. The highest BCUT2D eigenvalue weighted by molar-refractivity contribution is 6.37. The van der Waals surface area contributed by atoms with E-state index in [0.717, 1.165) is 52.5 Å². The van der Waals surface area contributed by atoms with Gasteiger partial charge in [-0.15, -0.1) is 0 Å². The monoisotopic (exact) mass is 702 g/mol. The number of halogens is 1. The predicted molar refractivity (Wildman–Crippen MR) is 225 cm³/mol. The molecule has 8 aromatic rings. The van der Waals surface area contributed by atoms with Gasteiger partial charge in [0.15, 0.2) is 0 Å². The van der Waals surface area contributed by atoms with Crippen molar-refractivity contribution in [1.29, 1.82) is 0 Å². The molecule has 0 aromatic heterocycles. The molecule has 0 aliphatic heterocycles. The lowest BCUT2D eigenvalue weighted by atomic mass is 9.87. The summed E-state index contributed by atoms with van der Waals surface area (Å²) >= 11 is 7.81. The quantitative estimate of drug-likeness (QED) is 0.132. The Bertz CT molecular complexity index is 2140. The van der Waals surface area contributed by atoms with Gasteiger partial charge >= 0.3 is 0 Å². The third kappa shape index (κ3) is 7.51. The normalized spacial score (nSPS) is 10.9. The predicted octanol–water partition coefficient (Wildman–Crippen LogP) is 14.1. The number of rotatable bonds is 11. The van der Waals surface area contributed by atoms with Crippen LogP contribution in [0.15, 0.2) is 212 Å². The van der Waals surface area contributed by atoms with Crippen molar-refractivity contribution >= 4 is 45.7 Å². The summed E-state index contributed by atoms with van der Waals surface area (Å²) in [4.78, 5) is 4.56. The van der Waals surface area contributed by atoms with Crippen molar-refractivity contribution in [3.63, 3.8) is 0 Å². The van der Waals surface area contributed by atoms with E-state index >= 15 is 0 Å². The highest BCUT2D eigenvalue weighted by Gasteiger charge is 2.25. The Kier molecular flexibility index (Phi) is 10.1. The molecule has 2 nitrogen and oxygen atoms in total. The molecular weight excluding hydrogens is 664 g/mol. The van der Waals surface area contributed by atoms with Crippen LogP contribution in [0.25, 0.3) is 11.1 Å². The van der Waals surface area contributed by atoms with E-state index in [2.05, 4.69) is 222 Å². The van der Waals surface area contributed by atoms with E-state index in [1.165, 1.54) is 27.8 Å². The topological polar surface area (TPSA) is 6.48 Å². The van der Waals surface area contributed by atoms with Crippen LogP contribution >= 0.6 is 11.6 Å². The van der Waals surface area contributed by atoms with Crippen molar-refractivity contribution < 1.29 is 0 Å². The van der Waals surface area contributed by atoms with Gasteiger partial charge in [-0.1, -0.05) is 163 Å². The van der Waals surface area contributed by atoms with Gasteiger partial charge in [0.25, 0.3) is 0 Å². The van der Waals surface area contributed by atoms with Crippen molar-refractivity contribution in [3.8, 4) is 11.1 Å². The van der Waals surface area contributed by atoms with Crippen LogP contribution in [0.4, 0.5) is 34.1 Å². The van der Waals surface area contributed by atoms with Crippen molar-refractivity contribution in [2.45, 2.75) is 12.8 Å². The zero-order valence-electron chi connectivity index (χ0n) is 29.4. The fourth-order valence-electron chi connectivity index (χ4n) is 7.18. The molecular formula is C50H39ClN2. The number of benzene rings is 8. The third-order valence-electron chi connectivity index (χ3n) is 9.57. The molecule has 0 aliphatic rings. The first kappa shape index (κ1) is 33.8. The van der Waals surface area contributed by atoms with Gasteiger partial charge in [0, 0.05) is 22.7 Å². The van der Waals surface area contributed by atoms with E-state index < -0.39 is 0 Å². The number of hydrogen-bond acceptors (Lipinski definition) is 2. The van der Waals surface area contributed by atoms with E-state index in [-0.39, 0.29) is 0 Å². The SMILES string of the molecule is Clc1c(N(c2ccccc2)c2ccccc2)cc(-c2c(Cc3ccccc3)cccc2Cc2ccccc2)cc1N(c1ccccc1)c1ccccc1. The summed E-state index contributed by atoms with van der Waals surface area (Å²) in [6, 6.07) is 74.9. The van der Waals surface area contributed by atoms with Crippen molar-refractivity contribution in [2.24, 2.45) is 0 Å². The molecule has 0 spiro atoms. The second-order valence-electron chi connectivity index (χ2n) is 13.1. The molecule has 0 heterocycles. The first-order chi connectivity index (χ1) is 26.2. The van der Waals surface area contributed by atoms with Crippen LogP contribution in [0.2, 0.25) is 5.02 Å². The van der Waals surface area contributed by atoms with Crippen LogP contribution < -0.4 is 9.80 Å². The molecule has 0 bridgehead atoms. The van der Waals surface area contributed by atoms with Gasteiger partial charge in [-0.25, -0.2) is 0 Å². The number of anilines is 6. The van der Waals surface area contributed by atoms with Gasteiger partial charge in [-0.2, -0.15) is 0 Å². The van der Waals surface area contributed by atoms with E-state index in [4.69, 9.17) is 11.6 Å². The summed E-state index contributed by atoms with van der Waals surface area (Å²) < 4.78 is 0. The van der Waals surface area contributed by atoms with Gasteiger partial charge in [0.2, 0.25) is 0 Å². The zero-order valence-corrected chi connectivity index (χ0v) is 30.1. The Labute approximate surface area is 317 Å². The lowest BCUT2D eigenvalue weighted by Crippen LogP contribution is -2.15. The Morgan fingerprint density at radius 2 is 0.642 bits per heavy atom. The molecule has 0 N–H and O–H groups in total. The number of nitrogens with zero attached hydrogens (tertiary/aromatic N) is 2. The molecule has 8 rings (SSSR count). The average molecular weight is 703 g/mol. The van der Waals surface area contributed by atoms with Gasteiger partial charge in [-0.05, 0) is 107 Å². The maximum absolute atomic E-state index is 7.81. The highest BCUT2D eigenvalue weighted by atomic mass is 35.5. The first-order valence-corrected chi connectivity index (χ1v) is 18.4. The van der Waals surface area contributed by atoms with Crippen LogP contribution in [0.1, 0.15) is 22.3 Å². The summed E-state index contributed by atoms with van der Waals surface area (Å²) in [7, 11) is 0. The van der Waals surface area contributed by atoms with Crippen LogP contribution in [0, 0.1) is 0 Å². The molecule has 0 atom stereocenters. The molecule has 256 valence electrons. The van der Waals surface area contributed by atoms with E-state index in [0.29, 0.717) is 5.02 Å². The fraction of sp³-hybridized carbons (Fsp3) is 0.0400. The molecule has 3 heteroatoms. The smallest absolute Gasteiger partial charge is 0.0887 e. The minimum absolute atomic E-state index is 0.652. The molecule has 8 aromatic carbocycles. The van der Waals surface area contributed by atoms with Crippen molar-refractivity contribution in [1.82, 2.24) is 0 Å². The molecule has 0 radical (unpaired) electrons. The Hall–Kier alpha value is -6.35. The van der Waals surface area contributed by atoms with Crippen LogP contribution in [-0.4, -0.2) is 0 Å². The maximum Gasteiger partial charge on any atom is 0.0887 e. The molecule has 0 fully saturated rings. The maximum atomic E-state index is 7.81. The Morgan fingerprint density at radius 3 is 0.962 bits per heavy atom. The van der Waals surface area contributed by atoms with Crippen LogP contribution in [0.3, 0.4) is 0 Å². The number of para-hydroxylation sites is 4. The van der Waals surface area contributed by atoms with Crippen molar-refractivity contribution in [2.75, 3.05) is 9.80 Å². The van der Waals surface area contributed by atoms with Crippen molar-refractivity contribution in [3.05, 3.63) is 240 Å². The van der Waals surface area contributed by atoms with Crippen LogP contribution in [-0.2, 0) is 12.8 Å². The molecule has 0 amide bonds. The molecule has 0 aliphatic carbocycles. The minimum atomic E-state index is 0.652. The Balaban J connectivity index is 1.44. The summed E-state index contributed by atoms with van der Waals surface area (Å²) in [5, 5.41) is 0.652. The highest BCUT2D eigenvalue weighted by Crippen LogP contribution is 2.49. The summed E-state index contributed by atoms with van der Waals surface area (Å²) in [6.07, 6.45) is 1.60. The lowest BCUT2D eigenvalue weighted by Gasteiger charge is -2.32. The second-order valence-corrected chi connectivity index (χ2v) is 13.5. The van der Waals surface area contributed by atoms with Gasteiger partial charge < -0.3 is 9.80 Å². The standard InChI is InChI=1S/C50H39ClN2/c51-50-47(52(43-26-11-3-12-27-43)44-28-13-4-14-29-44)36-42(37-48(50)53(45-30-15-5-16-31-45)46-32-17-6-18-33-46)49-40(34-38-20-7-1-8-21-38)24-19-25-41(49)35-39-22-9-2-10-23-39/h1-33,36-37H,34-35H2. The van der Waals surface area contributed by atoms with E-state index in [9.17, 15) is 0 Å². The minimum Gasteiger partial charge on any atom is -0.309 e. The van der Waals surface area contributed by atoms with E-state index in [1.54, 1.807) is 0 Å². The summed E-state index contributed by atoms with van der Waals surface area (Å²) in [5.41, 5.74) is 13.3. The van der Waals surface area contributed by atoms with E-state index in [1.807, 2.05) is 0 Å². The third-order valence-corrected chi connectivity index (χ3v) is 9.96. The average Bonchev–Trinajstić information content (AvgIpc) is 3.22. The molecule has 53 heavy (non-hydrogen) atoms. The van der Waals surface area contributed by atoms with Gasteiger partial charge in [0.05, 0.1) is 16.4 Å². The fourth-order valence-corrected chi connectivity index (χ4v) is 7.46. The van der Waals surface area contributed by atoms with Crippen LogP contribution in [0.5, 0.6) is 0 Å². The molecule has 0 saturated carbocycles. The Morgan fingerprint density at radius 1 is 0.340 bits per heavy atom. The lowest BCUT2D eigenvalue weighted by molar-refractivity contribution is 1.14. The number of hydrogen-bond donors (Lipinski definition) is 0. The second kappa shape index (κ2) is 15.9. The largest absolute Gasteiger partial charge is 0.309 e. The summed E-state index contributed by atoms with van der Waals surface area (Å²) in [6.45, 7) is 0. The van der Waals surface area contributed by atoms with Gasteiger partial charge in [-0.3, -0.25) is 0 Å². The molecule has 0 unspecified atom stereocenters. The van der Waals surface area contributed by atoms with Gasteiger partial charge in [0.1, 0.15) is 0 Å². The summed E-state index contributed by atoms with van der Waals surface area (Å²) in [5.74, 6) is 0.